The number of nitrogens with one attached hydrogen (secondary N) is 1. The lowest BCUT2D eigenvalue weighted by atomic mass is 9.95. The summed E-state index contributed by atoms with van der Waals surface area (Å²) in [7, 11) is 1.99. The van der Waals surface area contributed by atoms with Gasteiger partial charge in [0.2, 0.25) is 5.91 Å². The van der Waals surface area contributed by atoms with Crippen molar-refractivity contribution in [1.82, 2.24) is 20.2 Å². The number of carbonyl (C=O) groups is 1. The molecule has 154 valence electrons. The second kappa shape index (κ2) is 8.93. The van der Waals surface area contributed by atoms with Crippen LogP contribution in [0.3, 0.4) is 0 Å². The third kappa shape index (κ3) is 3.98. The largest absolute Gasteiger partial charge is 0.356 e. The Morgan fingerprint density at radius 3 is 2.68 bits per heavy atom. The van der Waals surface area contributed by atoms with Crippen LogP contribution in [0.15, 0.2) is 6.33 Å². The van der Waals surface area contributed by atoms with E-state index in [2.05, 4.69) is 38.9 Å². The van der Waals surface area contributed by atoms with Crippen LogP contribution in [0.25, 0.3) is 10.2 Å². The third-order valence-electron chi connectivity index (χ3n) is 6.18. The van der Waals surface area contributed by atoms with E-state index in [1.807, 2.05) is 7.05 Å². The molecule has 1 atom stereocenters. The molecule has 6 nitrogen and oxygen atoms in total. The molecule has 28 heavy (non-hydrogen) atoms. The second-order valence-electron chi connectivity index (χ2n) is 7.92. The van der Waals surface area contributed by atoms with E-state index in [0.717, 1.165) is 62.6 Å². The van der Waals surface area contributed by atoms with Gasteiger partial charge in [0.25, 0.3) is 0 Å². The highest BCUT2D eigenvalue weighted by Crippen LogP contribution is 2.36. The fourth-order valence-corrected chi connectivity index (χ4v) is 5.48. The number of nitrogens with zero attached hydrogens (tertiary/aromatic N) is 4. The first-order chi connectivity index (χ1) is 13.1. The van der Waals surface area contributed by atoms with Crippen LogP contribution in [0.4, 0.5) is 5.82 Å². The van der Waals surface area contributed by atoms with Crippen LogP contribution in [0.2, 0.25) is 0 Å². The van der Waals surface area contributed by atoms with E-state index in [-0.39, 0.29) is 18.3 Å². The summed E-state index contributed by atoms with van der Waals surface area (Å²) in [5.41, 5.74) is 1.29. The zero-order valence-corrected chi connectivity index (χ0v) is 18.5. The average Bonchev–Trinajstić information content (AvgIpc) is 3.26. The first-order valence-electron chi connectivity index (χ1n) is 9.97. The van der Waals surface area contributed by atoms with Gasteiger partial charge in [-0.3, -0.25) is 4.79 Å². The van der Waals surface area contributed by atoms with Crippen LogP contribution >= 0.6 is 23.7 Å². The number of hydrogen-bond donors (Lipinski definition) is 1. The number of anilines is 1. The summed E-state index contributed by atoms with van der Waals surface area (Å²) < 4.78 is 0. The number of piperidine rings is 1. The molecule has 2 aromatic heterocycles. The fraction of sp³-hybridized carbons (Fsp3) is 0.650. The molecule has 2 aliphatic heterocycles. The third-order valence-corrected chi connectivity index (χ3v) is 7.29. The van der Waals surface area contributed by atoms with Gasteiger partial charge in [-0.2, -0.15) is 0 Å². The molecular formula is C20H30ClN5OS. The van der Waals surface area contributed by atoms with Crippen molar-refractivity contribution < 1.29 is 4.79 Å². The Hall–Kier alpha value is -1.44. The maximum atomic E-state index is 12.9. The van der Waals surface area contributed by atoms with E-state index in [4.69, 9.17) is 0 Å². The highest BCUT2D eigenvalue weighted by atomic mass is 35.5. The van der Waals surface area contributed by atoms with Crippen LogP contribution in [-0.4, -0.2) is 60.5 Å². The molecule has 2 saturated heterocycles. The van der Waals surface area contributed by atoms with Gasteiger partial charge in [0, 0.05) is 37.0 Å². The van der Waals surface area contributed by atoms with Gasteiger partial charge in [0.15, 0.2) is 0 Å². The van der Waals surface area contributed by atoms with E-state index in [1.54, 1.807) is 17.7 Å². The highest BCUT2D eigenvalue weighted by Gasteiger charge is 2.33. The summed E-state index contributed by atoms with van der Waals surface area (Å²) in [6.07, 6.45) is 4.64. The minimum atomic E-state index is 0. The standard InChI is InChI=1S/C20H29N5OS.ClH/c1-13-14(2)27-19-17(13)18(22-12-23-19)24-8-5-16(6-9-24)20(26)25-7-4-15(11-25)10-21-3;/h12,15-16,21H,4-11H2,1-3H3;1H. The van der Waals surface area contributed by atoms with Crippen molar-refractivity contribution in [2.45, 2.75) is 33.1 Å². The summed E-state index contributed by atoms with van der Waals surface area (Å²) in [5, 5.41) is 4.43. The summed E-state index contributed by atoms with van der Waals surface area (Å²) in [4.78, 5) is 28.8. The molecule has 0 radical (unpaired) electrons. The molecule has 8 heteroatoms. The van der Waals surface area contributed by atoms with E-state index >= 15 is 0 Å². The number of carbonyl (C=O) groups excluding carboxylic acids is 1. The van der Waals surface area contributed by atoms with Crippen LogP contribution < -0.4 is 10.2 Å². The summed E-state index contributed by atoms with van der Waals surface area (Å²) in [6.45, 7) is 8.94. The molecule has 0 spiro atoms. The molecule has 4 rings (SSSR count). The van der Waals surface area contributed by atoms with Gasteiger partial charge < -0.3 is 15.1 Å². The van der Waals surface area contributed by atoms with Gasteiger partial charge in [-0.05, 0) is 58.2 Å². The average molecular weight is 424 g/mol. The zero-order valence-electron chi connectivity index (χ0n) is 16.9. The fourth-order valence-electron chi connectivity index (χ4n) is 4.49. The number of aryl methyl sites for hydroxylation is 2. The van der Waals surface area contributed by atoms with Crippen molar-refractivity contribution in [2.24, 2.45) is 11.8 Å². The van der Waals surface area contributed by atoms with Gasteiger partial charge in [-0.1, -0.05) is 0 Å². The van der Waals surface area contributed by atoms with Crippen molar-refractivity contribution in [3.8, 4) is 0 Å². The topological polar surface area (TPSA) is 61.4 Å². The number of halogens is 1. The lowest BCUT2D eigenvalue weighted by molar-refractivity contribution is -0.135. The van der Waals surface area contributed by atoms with E-state index in [1.165, 1.54) is 15.8 Å². The first-order valence-corrected chi connectivity index (χ1v) is 10.8. The lowest BCUT2D eigenvalue weighted by Crippen LogP contribution is -2.42. The Morgan fingerprint density at radius 1 is 1.21 bits per heavy atom. The first kappa shape index (κ1) is 21.3. The van der Waals surface area contributed by atoms with Crippen molar-refractivity contribution >= 4 is 45.7 Å². The molecule has 1 unspecified atom stereocenters. The Morgan fingerprint density at radius 2 is 1.96 bits per heavy atom. The Bertz CT molecular complexity index is 833. The molecule has 1 N–H and O–H groups in total. The number of aromatic nitrogens is 2. The maximum absolute atomic E-state index is 12.9. The van der Waals surface area contributed by atoms with Crippen LogP contribution in [0, 0.1) is 25.7 Å². The van der Waals surface area contributed by atoms with E-state index in [0.29, 0.717) is 11.8 Å². The number of thiophene rings is 1. The number of likely N-dealkylation sites (tertiary alicyclic amines) is 1. The number of amides is 1. The highest BCUT2D eigenvalue weighted by molar-refractivity contribution is 7.18. The minimum absolute atomic E-state index is 0. The van der Waals surface area contributed by atoms with Crippen molar-refractivity contribution in [3.63, 3.8) is 0 Å². The lowest BCUT2D eigenvalue weighted by Gasteiger charge is -2.34. The van der Waals surface area contributed by atoms with Crippen molar-refractivity contribution in [2.75, 3.05) is 44.7 Å². The van der Waals surface area contributed by atoms with Crippen molar-refractivity contribution in [1.29, 1.82) is 0 Å². The van der Waals surface area contributed by atoms with E-state index in [9.17, 15) is 4.79 Å². The summed E-state index contributed by atoms with van der Waals surface area (Å²) in [5.74, 6) is 2.18. The molecule has 0 bridgehead atoms. The van der Waals surface area contributed by atoms with E-state index < -0.39 is 0 Å². The second-order valence-corrected chi connectivity index (χ2v) is 9.12. The normalized spacial score (nSPS) is 20.6. The molecule has 2 fully saturated rings. The Labute approximate surface area is 177 Å². The van der Waals surface area contributed by atoms with Gasteiger partial charge in [0.1, 0.15) is 17.0 Å². The number of rotatable bonds is 4. The Kier molecular flexibility index (Phi) is 6.78. The number of fused-ring (bicyclic) bond motifs is 1. The van der Waals surface area contributed by atoms with Crippen LogP contribution in [0.5, 0.6) is 0 Å². The predicted molar refractivity (Wildman–Crippen MR) is 118 cm³/mol. The smallest absolute Gasteiger partial charge is 0.225 e. The van der Waals surface area contributed by atoms with Crippen LogP contribution in [0.1, 0.15) is 29.7 Å². The predicted octanol–water partition coefficient (Wildman–Crippen LogP) is 3.01. The SMILES string of the molecule is CNCC1CCN(C(=O)C2CCN(c3ncnc4sc(C)c(C)c34)CC2)C1.Cl. The monoisotopic (exact) mass is 423 g/mol. The van der Waals surface area contributed by atoms with Gasteiger partial charge >= 0.3 is 0 Å². The molecule has 1 amide bonds. The molecule has 4 heterocycles. The zero-order chi connectivity index (χ0) is 19.0. The molecule has 0 saturated carbocycles. The van der Waals surface area contributed by atoms with Crippen LogP contribution in [-0.2, 0) is 4.79 Å². The molecule has 0 aromatic carbocycles. The minimum Gasteiger partial charge on any atom is -0.356 e. The number of hydrogen-bond acceptors (Lipinski definition) is 6. The summed E-state index contributed by atoms with van der Waals surface area (Å²) >= 11 is 1.74. The summed E-state index contributed by atoms with van der Waals surface area (Å²) in [6, 6.07) is 0. The van der Waals surface area contributed by atoms with Gasteiger partial charge in [-0.25, -0.2) is 9.97 Å². The quantitative estimate of drug-likeness (QED) is 0.819. The van der Waals surface area contributed by atoms with Gasteiger partial charge in [-0.15, -0.1) is 23.7 Å². The molecule has 0 aliphatic carbocycles. The van der Waals surface area contributed by atoms with Gasteiger partial charge in [0.05, 0.1) is 5.39 Å². The van der Waals surface area contributed by atoms with Crippen molar-refractivity contribution in [3.05, 3.63) is 16.8 Å². The molecular weight excluding hydrogens is 394 g/mol. The molecule has 2 aromatic rings. The Balaban J connectivity index is 0.00000225. The maximum Gasteiger partial charge on any atom is 0.225 e. The molecule has 2 aliphatic rings.